The van der Waals surface area contributed by atoms with Gasteiger partial charge < -0.3 is 0 Å². The van der Waals surface area contributed by atoms with E-state index in [4.69, 9.17) is 0 Å². The van der Waals surface area contributed by atoms with Gasteiger partial charge in [-0.25, -0.2) is 8.78 Å². The van der Waals surface area contributed by atoms with Gasteiger partial charge in [0.25, 0.3) is 0 Å². The predicted molar refractivity (Wildman–Crippen MR) is 93.8 cm³/mol. The SMILES string of the molecule is O=C(c1ccc(F)cc1)C1C2C=CC(CC2)C1C(=O)c1ccc(F)cc1. The molecule has 26 heavy (non-hydrogen) atoms. The first-order chi connectivity index (χ1) is 12.5. The van der Waals surface area contributed by atoms with Crippen LogP contribution in [0, 0.1) is 35.3 Å². The van der Waals surface area contributed by atoms with E-state index in [-0.39, 0.29) is 23.4 Å². The van der Waals surface area contributed by atoms with Gasteiger partial charge in [-0.2, -0.15) is 0 Å². The molecule has 3 aliphatic carbocycles. The Balaban J connectivity index is 1.70. The normalized spacial score (nSPS) is 26.7. The van der Waals surface area contributed by atoms with Crippen molar-refractivity contribution >= 4 is 11.6 Å². The molecule has 0 N–H and O–H groups in total. The summed E-state index contributed by atoms with van der Waals surface area (Å²) in [6.07, 6.45) is 5.81. The van der Waals surface area contributed by atoms with E-state index in [2.05, 4.69) is 0 Å². The molecule has 0 radical (unpaired) electrons. The quantitative estimate of drug-likeness (QED) is 0.582. The molecule has 4 atom stereocenters. The largest absolute Gasteiger partial charge is 0.294 e. The minimum Gasteiger partial charge on any atom is -0.294 e. The maximum Gasteiger partial charge on any atom is 0.167 e. The van der Waals surface area contributed by atoms with E-state index in [0.717, 1.165) is 12.8 Å². The molecule has 2 aromatic carbocycles. The summed E-state index contributed by atoms with van der Waals surface area (Å²) in [6.45, 7) is 0. The Morgan fingerprint density at radius 3 is 1.31 bits per heavy atom. The van der Waals surface area contributed by atoms with E-state index in [1.807, 2.05) is 12.2 Å². The lowest BCUT2D eigenvalue weighted by atomic mass is 9.58. The van der Waals surface area contributed by atoms with Crippen molar-refractivity contribution in [1.82, 2.24) is 0 Å². The van der Waals surface area contributed by atoms with Crippen LogP contribution in [0.1, 0.15) is 33.6 Å². The van der Waals surface area contributed by atoms with Gasteiger partial charge in [-0.3, -0.25) is 9.59 Å². The fraction of sp³-hybridized carbons (Fsp3) is 0.273. The first-order valence-electron chi connectivity index (χ1n) is 8.82. The zero-order chi connectivity index (χ0) is 18.3. The monoisotopic (exact) mass is 352 g/mol. The summed E-state index contributed by atoms with van der Waals surface area (Å²) in [5, 5.41) is 0. The highest BCUT2D eigenvalue weighted by molar-refractivity contribution is 6.05. The number of carbonyl (C=O) groups excluding carboxylic acids is 2. The number of halogens is 2. The lowest BCUT2D eigenvalue weighted by Crippen LogP contribution is -2.45. The second-order valence-corrected chi connectivity index (χ2v) is 7.08. The van der Waals surface area contributed by atoms with Gasteiger partial charge >= 0.3 is 0 Å². The highest BCUT2D eigenvalue weighted by atomic mass is 19.1. The first kappa shape index (κ1) is 16.8. The molecular weight excluding hydrogens is 334 g/mol. The van der Waals surface area contributed by atoms with Crippen LogP contribution in [0.15, 0.2) is 60.7 Å². The third-order valence-corrected chi connectivity index (χ3v) is 5.61. The molecule has 0 aliphatic heterocycles. The maximum absolute atomic E-state index is 13.2. The van der Waals surface area contributed by atoms with Crippen LogP contribution < -0.4 is 0 Å². The standard InChI is InChI=1S/C22H18F2O2/c23-17-9-5-15(6-10-17)21(25)19-13-1-2-14(4-3-13)20(19)22(26)16-7-11-18(24)12-8-16/h1-2,5-14,19-20H,3-4H2. The number of fused-ring (bicyclic) bond motifs is 2. The molecule has 1 saturated carbocycles. The van der Waals surface area contributed by atoms with Crippen molar-refractivity contribution in [2.45, 2.75) is 12.8 Å². The molecule has 4 heteroatoms. The van der Waals surface area contributed by atoms with E-state index < -0.39 is 23.5 Å². The Morgan fingerprint density at radius 2 is 1.00 bits per heavy atom. The molecule has 0 aromatic heterocycles. The van der Waals surface area contributed by atoms with E-state index in [9.17, 15) is 18.4 Å². The molecule has 5 rings (SSSR count). The number of rotatable bonds is 4. The molecule has 0 heterocycles. The van der Waals surface area contributed by atoms with Gasteiger partial charge in [-0.1, -0.05) is 12.2 Å². The molecule has 2 nitrogen and oxygen atoms in total. The van der Waals surface area contributed by atoms with Crippen molar-refractivity contribution in [2.75, 3.05) is 0 Å². The highest BCUT2D eigenvalue weighted by Gasteiger charge is 2.47. The fourth-order valence-corrected chi connectivity index (χ4v) is 4.32. The van der Waals surface area contributed by atoms with Gasteiger partial charge in [0.15, 0.2) is 11.6 Å². The Bertz CT molecular complexity index is 795. The van der Waals surface area contributed by atoms with E-state index >= 15 is 0 Å². The number of hydrogen-bond donors (Lipinski definition) is 0. The Labute approximate surface area is 150 Å². The van der Waals surface area contributed by atoms with Gasteiger partial charge in [0.2, 0.25) is 0 Å². The maximum atomic E-state index is 13.2. The van der Waals surface area contributed by atoms with E-state index in [1.54, 1.807) is 0 Å². The number of benzene rings is 2. The van der Waals surface area contributed by atoms with Crippen molar-refractivity contribution in [3.05, 3.63) is 83.4 Å². The summed E-state index contributed by atoms with van der Waals surface area (Å²) < 4.78 is 26.4. The number of allylic oxidation sites excluding steroid dienone is 2. The van der Waals surface area contributed by atoms with Crippen molar-refractivity contribution in [3.63, 3.8) is 0 Å². The topological polar surface area (TPSA) is 34.1 Å². The Kier molecular flexibility index (Phi) is 4.27. The molecule has 4 unspecified atom stereocenters. The lowest BCUT2D eigenvalue weighted by Gasteiger charge is -2.43. The third kappa shape index (κ3) is 2.90. The number of carbonyl (C=O) groups is 2. The fourth-order valence-electron chi connectivity index (χ4n) is 4.32. The number of Topliss-reactive ketones (excluding diaryl/α,β-unsaturated/α-hetero) is 2. The van der Waals surface area contributed by atoms with Gasteiger partial charge in [-0.15, -0.1) is 0 Å². The van der Waals surface area contributed by atoms with Crippen LogP contribution in [-0.4, -0.2) is 11.6 Å². The smallest absolute Gasteiger partial charge is 0.167 e. The molecule has 2 bridgehead atoms. The summed E-state index contributed by atoms with van der Waals surface area (Å²) in [5.74, 6) is -1.94. The van der Waals surface area contributed by atoms with Gasteiger partial charge in [0.05, 0.1) is 0 Å². The Hall–Kier alpha value is -2.62. The summed E-state index contributed by atoms with van der Waals surface area (Å²) >= 11 is 0. The van der Waals surface area contributed by atoms with Crippen molar-refractivity contribution < 1.29 is 18.4 Å². The molecule has 3 aliphatic rings. The van der Waals surface area contributed by atoms with Crippen LogP contribution in [0.25, 0.3) is 0 Å². The van der Waals surface area contributed by atoms with Crippen LogP contribution in [0.3, 0.4) is 0 Å². The Morgan fingerprint density at radius 1 is 0.654 bits per heavy atom. The van der Waals surface area contributed by atoms with Gasteiger partial charge in [0, 0.05) is 23.0 Å². The van der Waals surface area contributed by atoms with Crippen LogP contribution in [0.2, 0.25) is 0 Å². The second kappa shape index (κ2) is 6.60. The van der Waals surface area contributed by atoms with Crippen LogP contribution in [-0.2, 0) is 0 Å². The van der Waals surface area contributed by atoms with Crippen molar-refractivity contribution in [2.24, 2.45) is 23.7 Å². The number of ketones is 2. The van der Waals surface area contributed by atoms with Crippen LogP contribution in [0.4, 0.5) is 8.78 Å². The first-order valence-corrected chi connectivity index (χ1v) is 8.82. The minimum atomic E-state index is -0.457. The average Bonchev–Trinajstić information content (AvgIpc) is 2.68. The zero-order valence-electron chi connectivity index (χ0n) is 14.1. The van der Waals surface area contributed by atoms with Crippen molar-refractivity contribution in [3.8, 4) is 0 Å². The summed E-state index contributed by atoms with van der Waals surface area (Å²) in [7, 11) is 0. The van der Waals surface area contributed by atoms with Crippen molar-refractivity contribution in [1.29, 1.82) is 0 Å². The predicted octanol–water partition coefficient (Wildman–Crippen LogP) is 4.86. The molecule has 0 spiro atoms. The molecular formula is C22H18F2O2. The molecule has 0 saturated heterocycles. The average molecular weight is 352 g/mol. The summed E-state index contributed by atoms with van der Waals surface area (Å²) in [5.41, 5.74) is 0.850. The molecule has 132 valence electrons. The summed E-state index contributed by atoms with van der Waals surface area (Å²) in [6, 6.07) is 11.0. The second-order valence-electron chi connectivity index (χ2n) is 7.08. The third-order valence-electron chi connectivity index (χ3n) is 5.61. The minimum absolute atomic E-state index is 0.00644. The van der Waals surface area contributed by atoms with Crippen LogP contribution >= 0.6 is 0 Å². The lowest BCUT2D eigenvalue weighted by molar-refractivity contribution is 0.0554. The number of hydrogen-bond acceptors (Lipinski definition) is 2. The van der Waals surface area contributed by atoms with Gasteiger partial charge in [-0.05, 0) is 73.2 Å². The van der Waals surface area contributed by atoms with E-state index in [1.165, 1.54) is 48.5 Å². The molecule has 2 aromatic rings. The van der Waals surface area contributed by atoms with Crippen LogP contribution in [0.5, 0.6) is 0 Å². The zero-order valence-corrected chi connectivity index (χ0v) is 14.1. The molecule has 1 fully saturated rings. The summed E-state index contributed by atoms with van der Waals surface area (Å²) in [4.78, 5) is 26.3. The van der Waals surface area contributed by atoms with Gasteiger partial charge in [0.1, 0.15) is 11.6 Å². The van der Waals surface area contributed by atoms with E-state index in [0.29, 0.717) is 11.1 Å². The molecule has 0 amide bonds. The highest BCUT2D eigenvalue weighted by Crippen LogP contribution is 2.47.